The molecule has 1 heterocycles. The second-order valence-corrected chi connectivity index (χ2v) is 4.38. The molecule has 0 unspecified atom stereocenters. The van der Waals surface area contributed by atoms with E-state index < -0.39 is 0 Å². The van der Waals surface area contributed by atoms with E-state index in [-0.39, 0.29) is 12.6 Å². The Morgan fingerprint density at radius 3 is 2.79 bits per heavy atom. The molecular formula is C13H22N4O2. The van der Waals surface area contributed by atoms with Crippen molar-refractivity contribution < 1.29 is 9.90 Å². The highest BCUT2D eigenvalue weighted by atomic mass is 16.3. The molecule has 0 fully saturated rings. The van der Waals surface area contributed by atoms with Crippen LogP contribution in [0.4, 0.5) is 10.6 Å². The third-order valence-electron chi connectivity index (χ3n) is 2.75. The summed E-state index contributed by atoms with van der Waals surface area (Å²) in [5, 5.41) is 11.7. The van der Waals surface area contributed by atoms with Crippen molar-refractivity contribution in [2.24, 2.45) is 0 Å². The van der Waals surface area contributed by atoms with E-state index >= 15 is 0 Å². The summed E-state index contributed by atoms with van der Waals surface area (Å²) in [4.78, 5) is 19.5. The Kier molecular flexibility index (Phi) is 6.08. The SMILES string of the molecule is CCN(CCO)C(=O)NCc1ccnc(N(C)C)c1. The van der Waals surface area contributed by atoms with Crippen molar-refractivity contribution in [3.05, 3.63) is 23.9 Å². The number of likely N-dealkylation sites (N-methyl/N-ethyl adjacent to an activating group) is 1. The van der Waals surface area contributed by atoms with Gasteiger partial charge in [-0.1, -0.05) is 0 Å². The van der Waals surface area contributed by atoms with Crippen molar-refractivity contribution in [1.29, 1.82) is 0 Å². The molecule has 0 saturated heterocycles. The summed E-state index contributed by atoms with van der Waals surface area (Å²) in [6.45, 7) is 3.23. The van der Waals surface area contributed by atoms with Crippen molar-refractivity contribution in [2.45, 2.75) is 13.5 Å². The Bertz CT molecular complexity index is 409. The molecule has 0 saturated carbocycles. The first kappa shape index (κ1) is 15.2. The highest BCUT2D eigenvalue weighted by molar-refractivity contribution is 5.74. The van der Waals surface area contributed by atoms with Crippen LogP contribution < -0.4 is 10.2 Å². The van der Waals surface area contributed by atoms with Crippen molar-refractivity contribution in [2.75, 3.05) is 38.7 Å². The lowest BCUT2D eigenvalue weighted by Crippen LogP contribution is -2.41. The smallest absolute Gasteiger partial charge is 0.317 e. The van der Waals surface area contributed by atoms with Crippen LogP contribution in [0.1, 0.15) is 12.5 Å². The fourth-order valence-corrected chi connectivity index (χ4v) is 1.63. The normalized spacial score (nSPS) is 10.1. The number of urea groups is 1. The van der Waals surface area contributed by atoms with E-state index in [9.17, 15) is 4.79 Å². The Balaban J connectivity index is 2.56. The molecule has 1 aromatic heterocycles. The maximum Gasteiger partial charge on any atom is 0.317 e. The van der Waals surface area contributed by atoms with Crippen LogP contribution in [0.5, 0.6) is 0 Å². The number of pyridine rings is 1. The zero-order chi connectivity index (χ0) is 14.3. The zero-order valence-corrected chi connectivity index (χ0v) is 11.8. The lowest BCUT2D eigenvalue weighted by Gasteiger charge is -2.20. The minimum atomic E-state index is -0.167. The van der Waals surface area contributed by atoms with Gasteiger partial charge in [0, 0.05) is 39.9 Å². The predicted octanol–water partition coefficient (Wildman–Crippen LogP) is 0.671. The van der Waals surface area contributed by atoms with E-state index in [2.05, 4.69) is 10.3 Å². The standard InChI is InChI=1S/C13H22N4O2/c1-4-17(7-8-18)13(19)15-10-11-5-6-14-12(9-11)16(2)3/h5-6,9,18H,4,7-8,10H2,1-3H3,(H,15,19). The maximum atomic E-state index is 11.8. The number of hydrogen-bond donors (Lipinski definition) is 2. The van der Waals surface area contributed by atoms with Gasteiger partial charge in [0.2, 0.25) is 0 Å². The molecule has 0 spiro atoms. The first-order chi connectivity index (χ1) is 9.08. The molecule has 0 bridgehead atoms. The van der Waals surface area contributed by atoms with Crippen LogP contribution in [0.15, 0.2) is 18.3 Å². The summed E-state index contributed by atoms with van der Waals surface area (Å²) >= 11 is 0. The quantitative estimate of drug-likeness (QED) is 0.794. The monoisotopic (exact) mass is 266 g/mol. The second kappa shape index (κ2) is 7.58. The molecule has 0 aliphatic carbocycles. The van der Waals surface area contributed by atoms with Gasteiger partial charge in [0.15, 0.2) is 0 Å². The van der Waals surface area contributed by atoms with Crippen LogP contribution in [0.3, 0.4) is 0 Å². The minimum absolute atomic E-state index is 0.0265. The van der Waals surface area contributed by atoms with E-state index in [0.717, 1.165) is 11.4 Å². The number of aliphatic hydroxyl groups is 1. The molecule has 6 heteroatoms. The molecule has 0 aromatic carbocycles. The van der Waals surface area contributed by atoms with E-state index in [1.54, 1.807) is 11.1 Å². The molecule has 1 rings (SSSR count). The van der Waals surface area contributed by atoms with Crippen LogP contribution >= 0.6 is 0 Å². The van der Waals surface area contributed by atoms with Crippen molar-refractivity contribution in [1.82, 2.24) is 15.2 Å². The lowest BCUT2D eigenvalue weighted by molar-refractivity contribution is 0.180. The number of nitrogens with one attached hydrogen (secondary N) is 1. The Labute approximate surface area is 114 Å². The van der Waals surface area contributed by atoms with Gasteiger partial charge in [0.05, 0.1) is 6.61 Å². The fourth-order valence-electron chi connectivity index (χ4n) is 1.63. The third-order valence-corrected chi connectivity index (χ3v) is 2.75. The van der Waals surface area contributed by atoms with E-state index in [4.69, 9.17) is 5.11 Å². The first-order valence-corrected chi connectivity index (χ1v) is 6.34. The Hall–Kier alpha value is -1.82. The molecule has 19 heavy (non-hydrogen) atoms. The van der Waals surface area contributed by atoms with Gasteiger partial charge in [-0.3, -0.25) is 0 Å². The summed E-state index contributed by atoms with van der Waals surface area (Å²) in [5.74, 6) is 0.856. The van der Waals surface area contributed by atoms with E-state index in [1.165, 1.54) is 0 Å². The summed E-state index contributed by atoms with van der Waals surface area (Å²) in [6, 6.07) is 3.64. The second-order valence-electron chi connectivity index (χ2n) is 4.38. The van der Waals surface area contributed by atoms with E-state index in [0.29, 0.717) is 19.6 Å². The largest absolute Gasteiger partial charge is 0.395 e. The molecule has 0 aliphatic rings. The summed E-state index contributed by atoms with van der Waals surface area (Å²) < 4.78 is 0. The van der Waals surface area contributed by atoms with Crippen molar-refractivity contribution >= 4 is 11.8 Å². The number of amides is 2. The van der Waals surface area contributed by atoms with Crippen LogP contribution in [-0.2, 0) is 6.54 Å². The predicted molar refractivity (Wildman–Crippen MR) is 75.1 cm³/mol. The van der Waals surface area contributed by atoms with Gasteiger partial charge < -0.3 is 20.2 Å². The molecule has 2 N–H and O–H groups in total. The molecule has 0 aliphatic heterocycles. The molecular weight excluding hydrogens is 244 g/mol. The Morgan fingerprint density at radius 2 is 2.21 bits per heavy atom. The number of aromatic nitrogens is 1. The van der Waals surface area contributed by atoms with Gasteiger partial charge in [-0.15, -0.1) is 0 Å². The summed E-state index contributed by atoms with van der Waals surface area (Å²) in [7, 11) is 3.84. The van der Waals surface area contributed by atoms with Crippen LogP contribution in [-0.4, -0.2) is 54.8 Å². The topological polar surface area (TPSA) is 68.7 Å². The van der Waals surface area contributed by atoms with Gasteiger partial charge in [0.25, 0.3) is 0 Å². The molecule has 106 valence electrons. The molecule has 0 radical (unpaired) electrons. The van der Waals surface area contributed by atoms with Gasteiger partial charge >= 0.3 is 6.03 Å². The zero-order valence-electron chi connectivity index (χ0n) is 11.8. The number of aliphatic hydroxyl groups excluding tert-OH is 1. The lowest BCUT2D eigenvalue weighted by atomic mass is 10.2. The average Bonchev–Trinajstić information content (AvgIpc) is 2.42. The van der Waals surface area contributed by atoms with E-state index in [1.807, 2.05) is 38.1 Å². The maximum absolute atomic E-state index is 11.8. The van der Waals surface area contributed by atoms with Gasteiger partial charge in [-0.05, 0) is 24.6 Å². The van der Waals surface area contributed by atoms with Gasteiger partial charge in [-0.2, -0.15) is 0 Å². The minimum Gasteiger partial charge on any atom is -0.395 e. The molecule has 6 nitrogen and oxygen atoms in total. The number of anilines is 1. The number of hydrogen-bond acceptors (Lipinski definition) is 4. The van der Waals surface area contributed by atoms with Crippen LogP contribution in [0, 0.1) is 0 Å². The number of rotatable bonds is 6. The molecule has 0 atom stereocenters. The molecule has 2 amide bonds. The summed E-state index contributed by atoms with van der Waals surface area (Å²) in [5.41, 5.74) is 0.993. The number of nitrogens with zero attached hydrogens (tertiary/aromatic N) is 3. The average molecular weight is 266 g/mol. The highest BCUT2D eigenvalue weighted by Crippen LogP contribution is 2.09. The van der Waals surface area contributed by atoms with Crippen molar-refractivity contribution in [3.8, 4) is 0 Å². The van der Waals surface area contributed by atoms with Crippen LogP contribution in [0.2, 0.25) is 0 Å². The summed E-state index contributed by atoms with van der Waals surface area (Å²) in [6.07, 6.45) is 1.72. The van der Waals surface area contributed by atoms with Crippen molar-refractivity contribution in [3.63, 3.8) is 0 Å². The van der Waals surface area contributed by atoms with Gasteiger partial charge in [0.1, 0.15) is 5.82 Å². The first-order valence-electron chi connectivity index (χ1n) is 6.34. The fraction of sp³-hybridized carbons (Fsp3) is 0.538. The van der Waals surface area contributed by atoms with Gasteiger partial charge in [-0.25, -0.2) is 9.78 Å². The van der Waals surface area contributed by atoms with Crippen LogP contribution in [0.25, 0.3) is 0 Å². The third kappa shape index (κ3) is 4.75. The molecule has 1 aromatic rings. The highest BCUT2D eigenvalue weighted by Gasteiger charge is 2.10. The number of carbonyl (C=O) groups is 1. The number of carbonyl (C=O) groups excluding carboxylic acids is 1. The Morgan fingerprint density at radius 1 is 1.47 bits per heavy atom.